The number of nitrogens with zero attached hydrogens (tertiary/aromatic N) is 5. The van der Waals surface area contributed by atoms with E-state index in [0.717, 1.165) is 49.9 Å². The maximum Gasteiger partial charge on any atom is 0.203 e. The minimum absolute atomic E-state index is 0.753. The van der Waals surface area contributed by atoms with Crippen LogP contribution in [0, 0.1) is 18.6 Å². The van der Waals surface area contributed by atoms with Crippen LogP contribution in [-0.4, -0.2) is 50.3 Å². The highest BCUT2D eigenvalue weighted by molar-refractivity contribution is 7.71. The maximum atomic E-state index is 5.70. The van der Waals surface area contributed by atoms with Crippen molar-refractivity contribution >= 4 is 23.6 Å². The van der Waals surface area contributed by atoms with Crippen LogP contribution in [0.25, 0.3) is 5.69 Å². The summed E-state index contributed by atoms with van der Waals surface area (Å²) in [5.41, 5.74) is 3.58. The fourth-order valence-corrected chi connectivity index (χ4v) is 4.57. The molecule has 0 atom stereocenters. The zero-order valence-corrected chi connectivity index (χ0v) is 17.5. The van der Waals surface area contributed by atoms with Gasteiger partial charge in [-0.2, -0.15) is 5.10 Å². The monoisotopic (exact) mass is 399 g/mol. The van der Waals surface area contributed by atoms with Crippen LogP contribution in [0.1, 0.15) is 16.0 Å². The van der Waals surface area contributed by atoms with Gasteiger partial charge in [-0.15, -0.1) is 11.3 Å². The van der Waals surface area contributed by atoms with E-state index in [9.17, 15) is 0 Å². The van der Waals surface area contributed by atoms with Gasteiger partial charge >= 0.3 is 0 Å². The molecule has 7 heteroatoms. The minimum atomic E-state index is 0.753. The average molecular weight is 400 g/mol. The Morgan fingerprint density at radius 2 is 1.85 bits per heavy atom. The zero-order chi connectivity index (χ0) is 18.8. The van der Waals surface area contributed by atoms with Gasteiger partial charge in [0, 0.05) is 37.6 Å². The molecule has 0 amide bonds. The van der Waals surface area contributed by atoms with E-state index in [1.165, 1.54) is 16.0 Å². The van der Waals surface area contributed by atoms with Crippen molar-refractivity contribution in [2.75, 3.05) is 26.2 Å². The van der Waals surface area contributed by atoms with Gasteiger partial charge in [0.2, 0.25) is 4.77 Å². The standard InChI is InChI=1S/C20H25N5S2/c1-16-5-6-19(17(2)12-16)24-14-21-25(20(24)26)15-23-9-7-22(8-10-23)13-18-4-3-11-27-18/h3-6,11-12,14H,7-10,13,15H2,1-2H3. The van der Waals surface area contributed by atoms with E-state index in [1.54, 1.807) is 0 Å². The van der Waals surface area contributed by atoms with E-state index in [4.69, 9.17) is 12.2 Å². The maximum absolute atomic E-state index is 5.70. The number of benzene rings is 1. The number of hydrogen-bond donors (Lipinski definition) is 0. The number of hydrogen-bond acceptors (Lipinski definition) is 5. The first kappa shape index (κ1) is 18.6. The molecule has 2 aromatic heterocycles. The SMILES string of the molecule is Cc1ccc(-n2cnn(CN3CCN(Cc4cccs4)CC3)c2=S)c(C)c1. The number of thiophene rings is 1. The summed E-state index contributed by atoms with van der Waals surface area (Å²) in [6, 6.07) is 10.8. The molecule has 5 nitrogen and oxygen atoms in total. The molecule has 1 aliphatic heterocycles. The van der Waals surface area contributed by atoms with Gasteiger partial charge in [-0.3, -0.25) is 14.4 Å². The van der Waals surface area contributed by atoms with Gasteiger partial charge in [-0.25, -0.2) is 4.68 Å². The summed E-state index contributed by atoms with van der Waals surface area (Å²) >= 11 is 7.53. The quantitative estimate of drug-likeness (QED) is 0.610. The predicted molar refractivity (Wildman–Crippen MR) is 113 cm³/mol. The van der Waals surface area contributed by atoms with Gasteiger partial charge in [-0.05, 0) is 49.1 Å². The second-order valence-electron chi connectivity index (χ2n) is 7.19. The number of aryl methyl sites for hydroxylation is 2. The van der Waals surface area contributed by atoms with E-state index >= 15 is 0 Å². The first-order chi connectivity index (χ1) is 13.1. The van der Waals surface area contributed by atoms with Crippen LogP contribution in [0.4, 0.5) is 0 Å². The van der Waals surface area contributed by atoms with Crippen LogP contribution in [0.15, 0.2) is 42.0 Å². The lowest BCUT2D eigenvalue weighted by atomic mass is 10.1. The first-order valence-corrected chi connectivity index (χ1v) is 10.6. The van der Waals surface area contributed by atoms with Gasteiger partial charge in [0.1, 0.15) is 6.33 Å². The summed E-state index contributed by atoms with van der Waals surface area (Å²) in [7, 11) is 0. The van der Waals surface area contributed by atoms with Gasteiger partial charge in [0.15, 0.2) is 0 Å². The Morgan fingerprint density at radius 1 is 1.07 bits per heavy atom. The Hall–Kier alpha value is -1.80. The summed E-state index contributed by atoms with van der Waals surface area (Å²) in [6.07, 6.45) is 1.84. The highest BCUT2D eigenvalue weighted by atomic mass is 32.1. The van der Waals surface area contributed by atoms with E-state index in [0.29, 0.717) is 0 Å². The molecule has 0 radical (unpaired) electrons. The Bertz CT molecular complexity index is 949. The predicted octanol–water partition coefficient (Wildman–Crippen LogP) is 3.86. The second kappa shape index (κ2) is 8.06. The third-order valence-corrected chi connectivity index (χ3v) is 6.37. The van der Waals surface area contributed by atoms with Crippen molar-refractivity contribution in [3.63, 3.8) is 0 Å². The summed E-state index contributed by atoms with van der Waals surface area (Å²) in [5, 5.41) is 6.70. The second-order valence-corrected chi connectivity index (χ2v) is 8.59. The van der Waals surface area contributed by atoms with Gasteiger partial charge in [-0.1, -0.05) is 23.8 Å². The molecule has 0 unspecified atom stereocenters. The summed E-state index contributed by atoms with van der Waals surface area (Å²) in [6.45, 7) is 10.3. The summed E-state index contributed by atoms with van der Waals surface area (Å²) in [4.78, 5) is 6.40. The van der Waals surface area contributed by atoms with Crippen molar-refractivity contribution in [1.82, 2.24) is 24.1 Å². The van der Waals surface area contributed by atoms with E-state index in [2.05, 4.69) is 64.5 Å². The minimum Gasteiger partial charge on any atom is -0.296 e. The molecule has 27 heavy (non-hydrogen) atoms. The van der Waals surface area contributed by atoms with Crippen molar-refractivity contribution in [1.29, 1.82) is 0 Å². The van der Waals surface area contributed by atoms with Crippen LogP contribution in [-0.2, 0) is 13.2 Å². The number of piperazine rings is 1. The Kier molecular flexibility index (Phi) is 5.54. The molecule has 1 fully saturated rings. The van der Waals surface area contributed by atoms with E-state index in [1.807, 2.05) is 26.9 Å². The summed E-state index contributed by atoms with van der Waals surface area (Å²) in [5.74, 6) is 0. The lowest BCUT2D eigenvalue weighted by Crippen LogP contribution is -2.46. The van der Waals surface area contributed by atoms with Crippen molar-refractivity contribution in [2.45, 2.75) is 27.1 Å². The van der Waals surface area contributed by atoms with Crippen LogP contribution in [0.3, 0.4) is 0 Å². The van der Waals surface area contributed by atoms with Crippen LogP contribution in [0.2, 0.25) is 0 Å². The largest absolute Gasteiger partial charge is 0.296 e. The van der Waals surface area contributed by atoms with E-state index in [-0.39, 0.29) is 0 Å². The van der Waals surface area contributed by atoms with Crippen molar-refractivity contribution in [3.8, 4) is 5.69 Å². The van der Waals surface area contributed by atoms with Gasteiger partial charge in [0.25, 0.3) is 0 Å². The Balaban J connectivity index is 1.39. The third-order valence-electron chi connectivity index (χ3n) is 5.10. The fraction of sp³-hybridized carbons (Fsp3) is 0.400. The zero-order valence-electron chi connectivity index (χ0n) is 15.8. The third kappa shape index (κ3) is 4.21. The smallest absolute Gasteiger partial charge is 0.203 e. The fourth-order valence-electron chi connectivity index (χ4n) is 3.58. The molecule has 142 valence electrons. The molecular formula is C20H25N5S2. The molecule has 0 bridgehead atoms. The molecule has 1 aliphatic rings. The van der Waals surface area contributed by atoms with E-state index < -0.39 is 0 Å². The molecule has 0 spiro atoms. The van der Waals surface area contributed by atoms with Gasteiger partial charge < -0.3 is 0 Å². The normalized spacial score (nSPS) is 16.1. The Labute approximate surface area is 169 Å². The van der Waals surface area contributed by atoms with Crippen molar-refractivity contribution in [2.24, 2.45) is 0 Å². The molecular weight excluding hydrogens is 374 g/mol. The van der Waals surface area contributed by atoms with Crippen LogP contribution >= 0.6 is 23.6 Å². The molecule has 4 rings (SSSR count). The summed E-state index contributed by atoms with van der Waals surface area (Å²) < 4.78 is 4.70. The first-order valence-electron chi connectivity index (χ1n) is 9.29. The highest BCUT2D eigenvalue weighted by Gasteiger charge is 2.18. The van der Waals surface area contributed by atoms with Gasteiger partial charge in [0.05, 0.1) is 12.4 Å². The average Bonchev–Trinajstić information content (AvgIpc) is 3.28. The van der Waals surface area contributed by atoms with Crippen molar-refractivity contribution < 1.29 is 0 Å². The molecule has 1 aromatic carbocycles. The van der Waals surface area contributed by atoms with Crippen LogP contribution < -0.4 is 0 Å². The highest BCUT2D eigenvalue weighted by Crippen LogP contribution is 2.17. The molecule has 3 aromatic rings. The molecule has 1 saturated heterocycles. The topological polar surface area (TPSA) is 29.2 Å². The molecule has 0 N–H and O–H groups in total. The number of rotatable bonds is 5. The molecule has 0 aliphatic carbocycles. The number of aromatic nitrogens is 3. The lowest BCUT2D eigenvalue weighted by molar-refractivity contribution is 0.0987. The van der Waals surface area contributed by atoms with Crippen molar-refractivity contribution in [3.05, 3.63) is 62.8 Å². The van der Waals surface area contributed by atoms with Crippen LogP contribution in [0.5, 0.6) is 0 Å². The Morgan fingerprint density at radius 3 is 2.56 bits per heavy atom. The molecule has 0 saturated carbocycles. The molecule has 3 heterocycles. The lowest BCUT2D eigenvalue weighted by Gasteiger charge is -2.34.